The van der Waals surface area contributed by atoms with E-state index in [0.29, 0.717) is 41.1 Å². The van der Waals surface area contributed by atoms with Crippen LogP contribution in [0.2, 0.25) is 0 Å². The van der Waals surface area contributed by atoms with Crippen LogP contribution in [0.4, 0.5) is 4.39 Å². The number of likely N-dealkylation sites (tertiary alicyclic amines) is 1. The number of rotatable bonds is 10. The van der Waals surface area contributed by atoms with Crippen molar-refractivity contribution >= 4 is 5.97 Å². The van der Waals surface area contributed by atoms with Crippen LogP contribution < -0.4 is 0 Å². The predicted octanol–water partition coefficient (Wildman–Crippen LogP) is 5.81. The number of carbonyl (C=O) groups is 1. The molecular weight excluding hydrogens is 481 g/mol. The molecule has 0 unspecified atom stereocenters. The van der Waals surface area contributed by atoms with Crippen LogP contribution in [-0.4, -0.2) is 52.9 Å². The lowest BCUT2D eigenvalue weighted by molar-refractivity contribution is -0.0187. The van der Waals surface area contributed by atoms with E-state index in [9.17, 15) is 19.4 Å². The normalized spacial score (nSPS) is 22.2. The molecule has 5 atom stereocenters. The molecule has 1 aliphatic carbocycles. The Bertz CT molecular complexity index is 1320. The second-order valence-electron chi connectivity index (χ2n) is 11.0. The summed E-state index contributed by atoms with van der Waals surface area (Å²) in [6.45, 7) is 7.29. The summed E-state index contributed by atoms with van der Waals surface area (Å²) in [6, 6.07) is 19.1. The number of aromatic carboxylic acids is 1. The molecule has 3 aromatic carbocycles. The minimum absolute atomic E-state index is 0.157. The summed E-state index contributed by atoms with van der Waals surface area (Å²) in [5, 5.41) is 20.3. The standard InChI is InChI=1S/C32H36FNO4/c1-19-8-9-22(13-30(19)33)14-31-29-15-24(29)16-34(31)17-25(35)18-38-21(3)27-6-4-5-7-28(27)23-10-11-26(32(36)37)20(2)12-23/h4-13,21,24-25,29,31,35H,14-18H2,1-3H3,(H,36,37)/t21-,24+,25-,29+,31-/m1/s1. The van der Waals surface area contributed by atoms with E-state index < -0.39 is 12.1 Å². The number of hydrogen-bond acceptors (Lipinski definition) is 4. The molecule has 5 nitrogen and oxygen atoms in total. The van der Waals surface area contributed by atoms with Crippen molar-refractivity contribution < 1.29 is 24.1 Å². The van der Waals surface area contributed by atoms with Gasteiger partial charge >= 0.3 is 5.97 Å². The second kappa shape index (κ2) is 11.0. The van der Waals surface area contributed by atoms with Crippen LogP contribution in [0.1, 0.15) is 52.1 Å². The number of carboxylic acid groups (broad SMARTS) is 1. The van der Waals surface area contributed by atoms with Crippen LogP contribution in [-0.2, 0) is 11.2 Å². The number of halogens is 1. The molecule has 0 bridgehead atoms. The molecule has 0 spiro atoms. The van der Waals surface area contributed by atoms with E-state index in [2.05, 4.69) is 4.90 Å². The zero-order valence-electron chi connectivity index (χ0n) is 22.2. The van der Waals surface area contributed by atoms with Gasteiger partial charge in [-0.3, -0.25) is 4.90 Å². The highest BCUT2D eigenvalue weighted by Crippen LogP contribution is 2.50. The van der Waals surface area contributed by atoms with Gasteiger partial charge in [0.1, 0.15) is 5.82 Å². The number of aliphatic hydroxyl groups excluding tert-OH is 1. The monoisotopic (exact) mass is 517 g/mol. The van der Waals surface area contributed by atoms with Gasteiger partial charge in [-0.25, -0.2) is 9.18 Å². The molecule has 2 fully saturated rings. The first-order chi connectivity index (χ1) is 18.2. The van der Waals surface area contributed by atoms with Crippen molar-refractivity contribution in [3.63, 3.8) is 0 Å². The molecule has 1 aliphatic heterocycles. The van der Waals surface area contributed by atoms with E-state index in [-0.39, 0.29) is 18.5 Å². The lowest BCUT2D eigenvalue weighted by atomic mass is 9.94. The lowest BCUT2D eigenvalue weighted by Gasteiger charge is -2.30. The van der Waals surface area contributed by atoms with E-state index in [1.807, 2.05) is 55.5 Å². The highest BCUT2D eigenvalue weighted by atomic mass is 19.1. The highest BCUT2D eigenvalue weighted by Gasteiger charge is 2.52. The van der Waals surface area contributed by atoms with Crippen molar-refractivity contribution in [2.24, 2.45) is 11.8 Å². The largest absolute Gasteiger partial charge is 0.478 e. The molecule has 1 heterocycles. The van der Waals surface area contributed by atoms with Gasteiger partial charge in [-0.2, -0.15) is 0 Å². The third-order valence-corrected chi connectivity index (χ3v) is 8.24. The predicted molar refractivity (Wildman–Crippen MR) is 146 cm³/mol. The van der Waals surface area contributed by atoms with Crippen molar-refractivity contribution in [2.45, 2.75) is 51.9 Å². The molecule has 1 saturated carbocycles. The molecule has 2 N–H and O–H groups in total. The number of hydrogen-bond donors (Lipinski definition) is 2. The van der Waals surface area contributed by atoms with Crippen molar-refractivity contribution in [3.05, 3.63) is 94.3 Å². The van der Waals surface area contributed by atoms with Crippen LogP contribution in [0.5, 0.6) is 0 Å². The SMILES string of the molecule is Cc1ccc(C[C@@H]2[C@H]3C[C@H]3CN2C[C@@H](O)CO[C@H](C)c2ccccc2-c2ccc(C(=O)O)c(C)c2)cc1F. The van der Waals surface area contributed by atoms with E-state index in [0.717, 1.165) is 35.2 Å². The molecule has 1 saturated heterocycles. The van der Waals surface area contributed by atoms with Gasteiger partial charge in [-0.05, 0) is 91.0 Å². The number of ether oxygens (including phenoxy) is 1. The number of fused-ring (bicyclic) bond motifs is 1. The lowest BCUT2D eigenvalue weighted by Crippen LogP contribution is -2.41. The van der Waals surface area contributed by atoms with Gasteiger partial charge in [-0.1, -0.05) is 48.5 Å². The quantitative estimate of drug-likeness (QED) is 0.355. The Morgan fingerprint density at radius 1 is 1.11 bits per heavy atom. The molecule has 3 aromatic rings. The minimum atomic E-state index is -0.934. The Morgan fingerprint density at radius 3 is 2.63 bits per heavy atom. The maximum absolute atomic E-state index is 14.1. The molecule has 2 aliphatic rings. The summed E-state index contributed by atoms with van der Waals surface area (Å²) < 4.78 is 20.3. The first-order valence-corrected chi connectivity index (χ1v) is 13.4. The Morgan fingerprint density at radius 2 is 1.89 bits per heavy atom. The molecule has 5 rings (SSSR count). The topological polar surface area (TPSA) is 70.0 Å². The number of benzene rings is 3. The average molecular weight is 518 g/mol. The van der Waals surface area contributed by atoms with Gasteiger partial charge < -0.3 is 14.9 Å². The Kier molecular flexibility index (Phi) is 7.66. The van der Waals surface area contributed by atoms with Crippen molar-refractivity contribution in [1.29, 1.82) is 0 Å². The third-order valence-electron chi connectivity index (χ3n) is 8.24. The van der Waals surface area contributed by atoms with E-state index in [4.69, 9.17) is 4.74 Å². The highest BCUT2D eigenvalue weighted by molar-refractivity contribution is 5.90. The fraction of sp³-hybridized carbons (Fsp3) is 0.406. The van der Waals surface area contributed by atoms with Crippen molar-refractivity contribution in [3.8, 4) is 11.1 Å². The zero-order chi connectivity index (χ0) is 27.0. The van der Waals surface area contributed by atoms with Gasteiger partial charge in [0, 0.05) is 19.1 Å². The van der Waals surface area contributed by atoms with E-state index in [1.165, 1.54) is 6.42 Å². The zero-order valence-corrected chi connectivity index (χ0v) is 22.2. The first-order valence-electron chi connectivity index (χ1n) is 13.4. The summed E-state index contributed by atoms with van der Waals surface area (Å²) in [7, 11) is 0. The number of β-amino-alcohol motifs (C(OH)–C–C–N with tert-alkyl or cyclic N) is 1. The first kappa shape index (κ1) is 26.5. The van der Waals surface area contributed by atoms with Gasteiger partial charge in [-0.15, -0.1) is 0 Å². The minimum Gasteiger partial charge on any atom is -0.478 e. The fourth-order valence-electron chi connectivity index (χ4n) is 6.01. The number of piperidine rings is 1. The molecule has 200 valence electrons. The average Bonchev–Trinajstić information content (AvgIpc) is 3.58. The Labute approximate surface area is 223 Å². The summed E-state index contributed by atoms with van der Waals surface area (Å²) in [5.74, 6) is 0.228. The summed E-state index contributed by atoms with van der Waals surface area (Å²) in [5.41, 5.74) is 5.59. The van der Waals surface area contributed by atoms with Crippen LogP contribution in [0, 0.1) is 31.5 Å². The van der Waals surface area contributed by atoms with Gasteiger partial charge in [0.15, 0.2) is 0 Å². The van der Waals surface area contributed by atoms with E-state index >= 15 is 0 Å². The van der Waals surface area contributed by atoms with Crippen LogP contribution in [0.15, 0.2) is 60.7 Å². The molecule has 0 radical (unpaired) electrons. The van der Waals surface area contributed by atoms with E-state index in [1.54, 1.807) is 26.0 Å². The Hall–Kier alpha value is -3.06. The number of nitrogens with zero attached hydrogens (tertiary/aromatic N) is 1. The van der Waals surface area contributed by atoms with Crippen molar-refractivity contribution in [2.75, 3.05) is 19.7 Å². The Balaban J connectivity index is 1.21. The van der Waals surface area contributed by atoms with Crippen LogP contribution in [0.25, 0.3) is 11.1 Å². The number of aryl methyl sites for hydroxylation is 2. The second-order valence-corrected chi connectivity index (χ2v) is 11.0. The molecule has 0 amide bonds. The smallest absolute Gasteiger partial charge is 0.335 e. The molecule has 6 heteroatoms. The van der Waals surface area contributed by atoms with Crippen LogP contribution >= 0.6 is 0 Å². The summed E-state index contributed by atoms with van der Waals surface area (Å²) in [4.78, 5) is 13.8. The number of aliphatic hydroxyl groups is 1. The van der Waals surface area contributed by atoms with Crippen molar-refractivity contribution in [1.82, 2.24) is 4.90 Å². The summed E-state index contributed by atoms with van der Waals surface area (Å²) >= 11 is 0. The van der Waals surface area contributed by atoms with Gasteiger partial charge in [0.05, 0.1) is 24.4 Å². The third kappa shape index (κ3) is 5.68. The maximum Gasteiger partial charge on any atom is 0.335 e. The molecular formula is C32H36FNO4. The molecule has 38 heavy (non-hydrogen) atoms. The number of carboxylic acids is 1. The van der Waals surface area contributed by atoms with Crippen LogP contribution in [0.3, 0.4) is 0 Å². The summed E-state index contributed by atoms with van der Waals surface area (Å²) in [6.07, 6.45) is 1.15. The fourth-order valence-corrected chi connectivity index (χ4v) is 6.01. The maximum atomic E-state index is 14.1. The van der Waals surface area contributed by atoms with Gasteiger partial charge in [0.25, 0.3) is 0 Å². The molecule has 0 aromatic heterocycles. The van der Waals surface area contributed by atoms with Gasteiger partial charge in [0.2, 0.25) is 0 Å².